The van der Waals surface area contributed by atoms with E-state index in [-0.39, 0.29) is 11.8 Å². The highest BCUT2D eigenvalue weighted by Gasteiger charge is 2.21. The van der Waals surface area contributed by atoms with Crippen molar-refractivity contribution < 1.29 is 9.13 Å². The van der Waals surface area contributed by atoms with Crippen LogP contribution in [-0.4, -0.2) is 44.0 Å². The fraction of sp³-hybridized carbons (Fsp3) is 0.333. The van der Waals surface area contributed by atoms with E-state index < -0.39 is 11.4 Å². The highest BCUT2D eigenvalue weighted by molar-refractivity contribution is 5.55. The number of aromatic amines is 1. The van der Waals surface area contributed by atoms with Gasteiger partial charge in [-0.05, 0) is 31.4 Å². The predicted octanol–water partition coefficient (Wildman–Crippen LogP) is 2.72. The van der Waals surface area contributed by atoms with E-state index in [9.17, 15) is 9.18 Å². The lowest BCUT2D eigenvalue weighted by Crippen LogP contribution is -2.38. The van der Waals surface area contributed by atoms with Crippen LogP contribution in [0.5, 0.6) is 6.01 Å². The molecule has 1 aliphatic heterocycles. The van der Waals surface area contributed by atoms with Gasteiger partial charge in [-0.3, -0.25) is 9.69 Å². The third-order valence-electron chi connectivity index (χ3n) is 5.01. The molecule has 1 N–H and O–H groups in total. The molecule has 0 unspecified atom stereocenters. The quantitative estimate of drug-likeness (QED) is 0.715. The van der Waals surface area contributed by atoms with Crippen LogP contribution in [0.25, 0.3) is 11.4 Å². The summed E-state index contributed by atoms with van der Waals surface area (Å²) in [7, 11) is 0. The maximum Gasteiger partial charge on any atom is 0.316 e. The van der Waals surface area contributed by atoms with Gasteiger partial charge in [0.2, 0.25) is 5.82 Å². The molecular weight excluding hydrogens is 373 g/mol. The molecule has 1 aliphatic rings. The van der Waals surface area contributed by atoms with E-state index in [2.05, 4.69) is 24.8 Å². The van der Waals surface area contributed by atoms with Gasteiger partial charge < -0.3 is 9.72 Å². The molecule has 0 aliphatic carbocycles. The maximum absolute atomic E-state index is 13.5. The molecule has 0 amide bonds. The molecule has 29 heavy (non-hydrogen) atoms. The van der Waals surface area contributed by atoms with E-state index >= 15 is 0 Å². The average molecular weight is 395 g/mol. The second-order valence-corrected chi connectivity index (χ2v) is 7.14. The minimum atomic E-state index is -0.837. The number of hydrogen-bond donors (Lipinski definition) is 1. The van der Waals surface area contributed by atoms with Crippen molar-refractivity contribution in [3.63, 3.8) is 0 Å². The van der Waals surface area contributed by atoms with E-state index in [0.29, 0.717) is 11.8 Å². The van der Waals surface area contributed by atoms with Gasteiger partial charge in [-0.15, -0.1) is 0 Å². The summed E-state index contributed by atoms with van der Waals surface area (Å²) < 4.78 is 19.3. The molecule has 4 rings (SSSR count). The van der Waals surface area contributed by atoms with Crippen molar-refractivity contribution in [2.24, 2.45) is 0 Å². The number of nitrogens with zero attached hydrogens (tertiary/aromatic N) is 4. The molecule has 1 saturated heterocycles. The molecule has 8 heteroatoms. The molecule has 3 aromatic rings. The summed E-state index contributed by atoms with van der Waals surface area (Å²) in [5.41, 5.74) is 1.27. The van der Waals surface area contributed by atoms with Crippen molar-refractivity contribution in [3.05, 3.63) is 70.2 Å². The zero-order valence-electron chi connectivity index (χ0n) is 16.1. The number of hydrogen-bond acceptors (Lipinski definition) is 6. The van der Waals surface area contributed by atoms with Crippen LogP contribution in [0.3, 0.4) is 0 Å². The number of ether oxygens (including phenoxy) is 1. The summed E-state index contributed by atoms with van der Waals surface area (Å²) in [5, 5.41) is 0. The van der Waals surface area contributed by atoms with Crippen LogP contribution in [0, 0.1) is 12.7 Å². The molecule has 0 radical (unpaired) electrons. The Morgan fingerprint density at radius 2 is 1.86 bits per heavy atom. The van der Waals surface area contributed by atoms with Crippen LogP contribution in [0.15, 0.2) is 47.5 Å². The average Bonchev–Trinajstić information content (AvgIpc) is 2.74. The Balaban J connectivity index is 1.33. The van der Waals surface area contributed by atoms with E-state index in [0.717, 1.165) is 38.0 Å². The summed E-state index contributed by atoms with van der Waals surface area (Å²) in [6, 6.07) is 10.0. The zero-order valence-corrected chi connectivity index (χ0v) is 16.1. The molecule has 1 fully saturated rings. The third-order valence-corrected chi connectivity index (χ3v) is 5.01. The first-order valence-corrected chi connectivity index (χ1v) is 9.60. The number of halogens is 1. The molecule has 0 atom stereocenters. The second-order valence-electron chi connectivity index (χ2n) is 7.14. The number of rotatable bonds is 5. The van der Waals surface area contributed by atoms with Crippen molar-refractivity contribution >= 4 is 0 Å². The van der Waals surface area contributed by atoms with Crippen molar-refractivity contribution in [2.75, 3.05) is 13.1 Å². The lowest BCUT2D eigenvalue weighted by Gasteiger charge is -2.31. The van der Waals surface area contributed by atoms with Gasteiger partial charge in [0.25, 0.3) is 5.56 Å². The molecule has 7 nitrogen and oxygen atoms in total. The van der Waals surface area contributed by atoms with Crippen LogP contribution in [0.4, 0.5) is 4.39 Å². The predicted molar refractivity (Wildman–Crippen MR) is 106 cm³/mol. The lowest BCUT2D eigenvalue weighted by atomic mass is 10.1. The first kappa shape index (κ1) is 19.2. The van der Waals surface area contributed by atoms with Gasteiger partial charge in [-0.25, -0.2) is 15.0 Å². The highest BCUT2D eigenvalue weighted by atomic mass is 19.1. The fourth-order valence-corrected chi connectivity index (χ4v) is 3.41. The summed E-state index contributed by atoms with van der Waals surface area (Å²) in [6.45, 7) is 4.19. The normalized spacial score (nSPS) is 15.4. The maximum atomic E-state index is 13.5. The number of nitrogens with one attached hydrogen (secondary N) is 1. The number of piperidine rings is 1. The van der Waals surface area contributed by atoms with Crippen molar-refractivity contribution in [3.8, 4) is 17.4 Å². The van der Waals surface area contributed by atoms with Gasteiger partial charge in [0.05, 0.1) is 5.69 Å². The number of likely N-dealkylation sites (tertiary alicyclic amines) is 1. The van der Waals surface area contributed by atoms with Crippen LogP contribution >= 0.6 is 0 Å². The van der Waals surface area contributed by atoms with Gasteiger partial charge in [-0.2, -0.15) is 4.39 Å². The molecule has 0 saturated carbocycles. The monoisotopic (exact) mass is 395 g/mol. The fourth-order valence-electron chi connectivity index (χ4n) is 3.41. The Morgan fingerprint density at radius 1 is 1.17 bits per heavy atom. The number of aryl methyl sites for hydroxylation is 1. The summed E-state index contributed by atoms with van der Waals surface area (Å²) >= 11 is 0. The summed E-state index contributed by atoms with van der Waals surface area (Å²) in [6.07, 6.45) is 5.35. The lowest BCUT2D eigenvalue weighted by molar-refractivity contribution is 0.0892. The van der Waals surface area contributed by atoms with E-state index in [1.54, 1.807) is 18.5 Å². The van der Waals surface area contributed by atoms with Crippen LogP contribution in [0.2, 0.25) is 0 Å². The van der Waals surface area contributed by atoms with E-state index in [4.69, 9.17) is 4.74 Å². The molecule has 1 aromatic carbocycles. The second kappa shape index (κ2) is 8.48. The van der Waals surface area contributed by atoms with Crippen LogP contribution < -0.4 is 10.3 Å². The van der Waals surface area contributed by atoms with Crippen molar-refractivity contribution in [1.82, 2.24) is 24.8 Å². The van der Waals surface area contributed by atoms with Gasteiger partial charge in [-0.1, -0.05) is 24.3 Å². The Bertz CT molecular complexity index is 1020. The molecule has 0 spiro atoms. The number of benzene rings is 1. The zero-order chi connectivity index (χ0) is 20.2. The van der Waals surface area contributed by atoms with Gasteiger partial charge in [0, 0.05) is 37.6 Å². The molecule has 150 valence electrons. The Morgan fingerprint density at radius 3 is 2.52 bits per heavy atom. The van der Waals surface area contributed by atoms with Gasteiger partial charge in [0.1, 0.15) is 11.9 Å². The molecule has 2 aromatic heterocycles. The van der Waals surface area contributed by atoms with Crippen molar-refractivity contribution in [2.45, 2.75) is 32.4 Å². The summed E-state index contributed by atoms with van der Waals surface area (Å²) in [4.78, 5) is 28.8. The van der Waals surface area contributed by atoms with Crippen LogP contribution in [0.1, 0.15) is 24.1 Å². The Labute approximate surface area is 167 Å². The number of aromatic nitrogens is 4. The Hall–Kier alpha value is -3.13. The first-order valence-electron chi connectivity index (χ1n) is 9.60. The summed E-state index contributed by atoms with van der Waals surface area (Å²) in [5.74, 6) is -0.460. The van der Waals surface area contributed by atoms with E-state index in [1.165, 1.54) is 12.5 Å². The molecular formula is C21H22FN5O2. The molecule has 0 bridgehead atoms. The largest absolute Gasteiger partial charge is 0.460 e. The number of H-pyrrole nitrogens is 1. The van der Waals surface area contributed by atoms with Gasteiger partial charge >= 0.3 is 6.01 Å². The SMILES string of the molecule is Cc1nc(-c2ccc(CN3CCC(Oc4ncccn4)CC3)cc2)[nH]c(=O)c1F. The topological polar surface area (TPSA) is 84.0 Å². The first-order chi connectivity index (χ1) is 14.1. The van der Waals surface area contributed by atoms with Crippen LogP contribution in [-0.2, 0) is 6.54 Å². The third kappa shape index (κ3) is 4.65. The van der Waals surface area contributed by atoms with Gasteiger partial charge in [0.15, 0.2) is 0 Å². The minimum Gasteiger partial charge on any atom is -0.460 e. The van der Waals surface area contributed by atoms with Crippen molar-refractivity contribution in [1.29, 1.82) is 0 Å². The van der Waals surface area contributed by atoms with E-state index in [1.807, 2.05) is 24.3 Å². The molecule has 3 heterocycles. The minimum absolute atomic E-state index is 0.0961. The Kier molecular flexibility index (Phi) is 5.62. The highest BCUT2D eigenvalue weighted by Crippen LogP contribution is 2.20. The standard InChI is InChI=1S/C21H22FN5O2/c1-14-18(22)20(28)26-19(25-14)16-5-3-15(4-6-16)13-27-11-7-17(8-12-27)29-21-23-9-2-10-24-21/h2-6,9-10,17H,7-8,11-13H2,1H3,(H,25,26,28). The smallest absolute Gasteiger partial charge is 0.316 e.